The van der Waals surface area contributed by atoms with E-state index in [0.29, 0.717) is 29.8 Å². The number of benzene rings is 2. The molecule has 0 amide bonds. The number of hydrogen-bond donors (Lipinski definition) is 3. The van der Waals surface area contributed by atoms with E-state index >= 15 is 0 Å². The summed E-state index contributed by atoms with van der Waals surface area (Å²) in [5.74, 6) is 1.52. The molecule has 3 N–H and O–H groups in total. The second-order valence-corrected chi connectivity index (χ2v) is 5.27. The first kappa shape index (κ1) is 17.0. The summed E-state index contributed by atoms with van der Waals surface area (Å²) >= 11 is 6.13. The largest absolute Gasteiger partial charge is 0.508 e. The van der Waals surface area contributed by atoms with Crippen LogP contribution in [-0.4, -0.2) is 25.2 Å². The maximum absolute atomic E-state index is 9.89. The van der Waals surface area contributed by atoms with Gasteiger partial charge in [-0.15, -0.1) is 0 Å². The highest BCUT2D eigenvalue weighted by Gasteiger charge is 2.06. The van der Waals surface area contributed by atoms with E-state index in [2.05, 4.69) is 15.6 Å². The van der Waals surface area contributed by atoms with Crippen molar-refractivity contribution >= 4 is 17.6 Å². The Morgan fingerprint density at radius 1 is 1.13 bits per heavy atom. The molecule has 2 rings (SSSR count). The standard InChI is InChI=1S/C17H20ClN3O2/c1-19-17(20-10-12-5-3-4-6-15(12)18)21-11-13-9-14(23-2)7-8-16(13)22/h3-9,22H,10-11H2,1-2H3,(H2,19,20,21). The molecule has 122 valence electrons. The Hall–Kier alpha value is -2.40. The van der Waals surface area contributed by atoms with E-state index in [1.807, 2.05) is 24.3 Å². The molecule has 6 heteroatoms. The topological polar surface area (TPSA) is 65.9 Å². The minimum Gasteiger partial charge on any atom is -0.508 e. The molecule has 0 atom stereocenters. The number of phenolic OH excluding ortho intramolecular Hbond substituents is 1. The Morgan fingerprint density at radius 2 is 1.83 bits per heavy atom. The second kappa shape index (κ2) is 8.29. The van der Waals surface area contributed by atoms with Crippen LogP contribution in [0, 0.1) is 0 Å². The van der Waals surface area contributed by atoms with Crippen LogP contribution in [0.15, 0.2) is 47.5 Å². The fraction of sp³-hybridized carbons (Fsp3) is 0.235. The third kappa shape index (κ3) is 4.79. The van der Waals surface area contributed by atoms with E-state index in [1.54, 1.807) is 32.4 Å². The van der Waals surface area contributed by atoms with Gasteiger partial charge in [-0.1, -0.05) is 29.8 Å². The fourth-order valence-corrected chi connectivity index (χ4v) is 2.25. The van der Waals surface area contributed by atoms with Gasteiger partial charge in [0.15, 0.2) is 5.96 Å². The van der Waals surface area contributed by atoms with Crippen molar-refractivity contribution in [1.82, 2.24) is 10.6 Å². The predicted octanol–water partition coefficient (Wildman–Crippen LogP) is 2.92. The number of aromatic hydroxyl groups is 1. The van der Waals surface area contributed by atoms with Crippen LogP contribution in [0.2, 0.25) is 5.02 Å². The van der Waals surface area contributed by atoms with Crippen LogP contribution in [0.25, 0.3) is 0 Å². The Kier molecular flexibility index (Phi) is 6.11. The zero-order valence-corrected chi connectivity index (χ0v) is 13.9. The molecule has 0 spiro atoms. The van der Waals surface area contributed by atoms with E-state index < -0.39 is 0 Å². The van der Waals surface area contributed by atoms with Crippen LogP contribution in [0.5, 0.6) is 11.5 Å². The van der Waals surface area contributed by atoms with Crippen molar-refractivity contribution in [3.05, 3.63) is 58.6 Å². The molecule has 0 heterocycles. The molecule has 5 nitrogen and oxygen atoms in total. The summed E-state index contributed by atoms with van der Waals surface area (Å²) in [4.78, 5) is 4.16. The van der Waals surface area contributed by atoms with Gasteiger partial charge in [0.2, 0.25) is 0 Å². The Bertz CT molecular complexity index is 689. The van der Waals surface area contributed by atoms with Gasteiger partial charge in [0.1, 0.15) is 11.5 Å². The van der Waals surface area contributed by atoms with Crippen LogP contribution < -0.4 is 15.4 Å². The highest BCUT2D eigenvalue weighted by Crippen LogP contribution is 2.22. The van der Waals surface area contributed by atoms with Crippen molar-refractivity contribution in [2.24, 2.45) is 4.99 Å². The highest BCUT2D eigenvalue weighted by atomic mass is 35.5. The van der Waals surface area contributed by atoms with E-state index in [0.717, 1.165) is 11.1 Å². The molecular weight excluding hydrogens is 314 g/mol. The van der Waals surface area contributed by atoms with Gasteiger partial charge in [-0.25, -0.2) is 0 Å². The van der Waals surface area contributed by atoms with E-state index in [-0.39, 0.29) is 5.75 Å². The third-order valence-electron chi connectivity index (χ3n) is 3.36. The quantitative estimate of drug-likeness (QED) is 0.581. The molecule has 0 aliphatic heterocycles. The summed E-state index contributed by atoms with van der Waals surface area (Å²) in [7, 11) is 3.28. The lowest BCUT2D eigenvalue weighted by molar-refractivity contribution is 0.410. The van der Waals surface area contributed by atoms with Gasteiger partial charge in [-0.3, -0.25) is 4.99 Å². The summed E-state index contributed by atoms with van der Waals surface area (Å²) in [5, 5.41) is 16.9. The maximum atomic E-state index is 9.89. The monoisotopic (exact) mass is 333 g/mol. The van der Waals surface area contributed by atoms with Crippen LogP contribution in [0.3, 0.4) is 0 Å². The predicted molar refractivity (Wildman–Crippen MR) is 93.1 cm³/mol. The van der Waals surface area contributed by atoms with Gasteiger partial charge >= 0.3 is 0 Å². The zero-order valence-electron chi connectivity index (χ0n) is 13.1. The third-order valence-corrected chi connectivity index (χ3v) is 3.73. The summed E-state index contributed by atoms with van der Waals surface area (Å²) in [6.07, 6.45) is 0. The average molecular weight is 334 g/mol. The van der Waals surface area contributed by atoms with Crippen LogP contribution >= 0.6 is 11.6 Å². The second-order valence-electron chi connectivity index (χ2n) is 4.87. The normalized spacial score (nSPS) is 11.2. The van der Waals surface area contributed by atoms with Crippen molar-refractivity contribution in [3.63, 3.8) is 0 Å². The number of aliphatic imine (C=N–C) groups is 1. The van der Waals surface area contributed by atoms with Gasteiger partial charge in [-0.2, -0.15) is 0 Å². The van der Waals surface area contributed by atoms with Crippen molar-refractivity contribution in [3.8, 4) is 11.5 Å². The number of nitrogens with one attached hydrogen (secondary N) is 2. The molecule has 0 bridgehead atoms. The first-order valence-electron chi connectivity index (χ1n) is 7.18. The SMILES string of the molecule is CN=C(NCc1cc(OC)ccc1O)NCc1ccccc1Cl. The van der Waals surface area contributed by atoms with Crippen molar-refractivity contribution in [2.75, 3.05) is 14.2 Å². The number of rotatable bonds is 5. The molecule has 2 aromatic rings. The summed E-state index contributed by atoms with van der Waals surface area (Å²) < 4.78 is 5.16. The summed E-state index contributed by atoms with van der Waals surface area (Å²) in [6.45, 7) is 0.981. The average Bonchev–Trinajstić information content (AvgIpc) is 2.57. The van der Waals surface area contributed by atoms with E-state index in [1.165, 1.54) is 0 Å². The molecule has 0 saturated carbocycles. The number of hydrogen-bond acceptors (Lipinski definition) is 3. The van der Waals surface area contributed by atoms with Gasteiger partial charge in [0.05, 0.1) is 7.11 Å². The summed E-state index contributed by atoms with van der Waals surface area (Å²) in [6, 6.07) is 12.7. The Balaban J connectivity index is 1.94. The molecule has 23 heavy (non-hydrogen) atoms. The Morgan fingerprint density at radius 3 is 2.48 bits per heavy atom. The lowest BCUT2D eigenvalue weighted by Crippen LogP contribution is -2.36. The van der Waals surface area contributed by atoms with E-state index in [9.17, 15) is 5.11 Å². The first-order valence-corrected chi connectivity index (χ1v) is 7.55. The molecule has 0 saturated heterocycles. The lowest BCUT2D eigenvalue weighted by Gasteiger charge is -2.14. The van der Waals surface area contributed by atoms with Crippen molar-refractivity contribution < 1.29 is 9.84 Å². The minimum absolute atomic E-state index is 0.208. The van der Waals surface area contributed by atoms with Crippen LogP contribution in [0.1, 0.15) is 11.1 Å². The van der Waals surface area contributed by atoms with Gasteiger partial charge in [-0.05, 0) is 29.8 Å². The van der Waals surface area contributed by atoms with Crippen molar-refractivity contribution in [1.29, 1.82) is 0 Å². The fourth-order valence-electron chi connectivity index (χ4n) is 2.05. The van der Waals surface area contributed by atoms with Gasteiger partial charge in [0, 0.05) is 30.7 Å². The molecule has 0 fully saturated rings. The zero-order chi connectivity index (χ0) is 16.7. The maximum Gasteiger partial charge on any atom is 0.191 e. The summed E-state index contributed by atoms with van der Waals surface area (Å²) in [5.41, 5.74) is 1.71. The minimum atomic E-state index is 0.208. The molecule has 0 unspecified atom stereocenters. The van der Waals surface area contributed by atoms with Gasteiger partial charge < -0.3 is 20.5 Å². The molecular formula is C17H20ClN3O2. The number of nitrogens with zero attached hydrogens (tertiary/aromatic N) is 1. The number of methoxy groups -OCH3 is 1. The van der Waals surface area contributed by atoms with Crippen LogP contribution in [-0.2, 0) is 13.1 Å². The Labute approximate surface area is 141 Å². The van der Waals surface area contributed by atoms with Crippen LogP contribution in [0.4, 0.5) is 0 Å². The number of phenols is 1. The first-order chi connectivity index (χ1) is 11.1. The molecule has 0 aromatic heterocycles. The highest BCUT2D eigenvalue weighted by molar-refractivity contribution is 6.31. The van der Waals surface area contributed by atoms with E-state index in [4.69, 9.17) is 16.3 Å². The molecule has 0 radical (unpaired) electrons. The number of guanidine groups is 1. The molecule has 2 aromatic carbocycles. The van der Waals surface area contributed by atoms with Gasteiger partial charge in [0.25, 0.3) is 0 Å². The number of ether oxygens (including phenoxy) is 1. The van der Waals surface area contributed by atoms with Crippen molar-refractivity contribution in [2.45, 2.75) is 13.1 Å². The smallest absolute Gasteiger partial charge is 0.191 e. The molecule has 0 aliphatic carbocycles. The number of halogens is 1. The molecule has 0 aliphatic rings. The lowest BCUT2D eigenvalue weighted by atomic mass is 10.2.